The Labute approximate surface area is 181 Å². The zero-order valence-electron chi connectivity index (χ0n) is 20.2. The summed E-state index contributed by atoms with van der Waals surface area (Å²) < 4.78 is 23.5. The van der Waals surface area contributed by atoms with Crippen molar-refractivity contribution in [2.45, 2.75) is 117 Å². The Hall–Kier alpha value is -1.54. The maximum atomic E-state index is 12.5. The molecule has 0 unspecified atom stereocenters. The fourth-order valence-electron chi connectivity index (χ4n) is 3.33. The van der Waals surface area contributed by atoms with Crippen molar-refractivity contribution >= 4 is 12.2 Å². The fraction of sp³-hybridized carbons (Fsp3) is 0.909. The van der Waals surface area contributed by atoms with Gasteiger partial charge in [0.2, 0.25) is 0 Å². The van der Waals surface area contributed by atoms with E-state index >= 15 is 0 Å². The number of rotatable bonds is 7. The van der Waals surface area contributed by atoms with Crippen molar-refractivity contribution in [3.05, 3.63) is 0 Å². The standard InChI is InChI=1S/C22H40N2O6/c1-13(2)27-17(15-11-23(15)19(25)29-21(5,6)7)18(28-14(3)4)16-12-24(16)20(26)30-22(8,9)10/h13-18H,11-12H2,1-10H3/t15-,16-,17+,18+,23?,24?/m0/s1. The van der Waals surface area contributed by atoms with Crippen LogP contribution in [-0.4, -0.2) is 82.8 Å². The van der Waals surface area contributed by atoms with E-state index < -0.39 is 11.2 Å². The number of amides is 2. The molecule has 2 aliphatic heterocycles. The van der Waals surface area contributed by atoms with Gasteiger partial charge in [-0.2, -0.15) is 0 Å². The maximum absolute atomic E-state index is 12.5. The number of carbonyl (C=O) groups is 2. The van der Waals surface area contributed by atoms with E-state index in [4.69, 9.17) is 18.9 Å². The molecule has 0 bridgehead atoms. The quantitative estimate of drug-likeness (QED) is 0.574. The van der Waals surface area contributed by atoms with E-state index in [0.717, 1.165) is 0 Å². The molecule has 8 nitrogen and oxygen atoms in total. The third-order valence-corrected chi connectivity index (χ3v) is 4.50. The fourth-order valence-corrected chi connectivity index (χ4v) is 3.33. The molecule has 2 heterocycles. The minimum absolute atomic E-state index is 0.0527. The molecule has 30 heavy (non-hydrogen) atoms. The number of nitrogens with zero attached hydrogens (tertiary/aromatic N) is 2. The average molecular weight is 429 g/mol. The molecule has 0 radical (unpaired) electrons. The number of carbonyl (C=O) groups excluding carboxylic acids is 2. The van der Waals surface area contributed by atoms with Gasteiger partial charge < -0.3 is 18.9 Å². The Kier molecular flexibility index (Phi) is 7.34. The van der Waals surface area contributed by atoms with Crippen LogP contribution in [0.5, 0.6) is 0 Å². The molecule has 4 atom stereocenters. The van der Waals surface area contributed by atoms with Gasteiger partial charge in [0.15, 0.2) is 0 Å². The monoisotopic (exact) mass is 428 g/mol. The number of ether oxygens (including phenoxy) is 4. The van der Waals surface area contributed by atoms with Crippen molar-refractivity contribution in [2.75, 3.05) is 13.1 Å². The lowest BCUT2D eigenvalue weighted by Gasteiger charge is -2.31. The van der Waals surface area contributed by atoms with Crippen molar-refractivity contribution in [2.24, 2.45) is 0 Å². The normalized spacial score (nSPS) is 23.5. The third kappa shape index (κ3) is 7.30. The highest BCUT2D eigenvalue weighted by molar-refractivity contribution is 5.72. The summed E-state index contributed by atoms with van der Waals surface area (Å²) in [7, 11) is 0. The summed E-state index contributed by atoms with van der Waals surface area (Å²) in [6.07, 6.45) is -1.54. The first-order valence-corrected chi connectivity index (χ1v) is 10.9. The van der Waals surface area contributed by atoms with E-state index in [1.54, 1.807) is 9.80 Å². The molecule has 0 aromatic rings. The SMILES string of the molecule is CC(C)O[C@@H]([C@H](OC(C)C)[C@@H]1CN1C(=O)OC(C)(C)C)[C@@H]1CN1C(=O)OC(C)(C)C. The molecular weight excluding hydrogens is 388 g/mol. The molecule has 2 rings (SSSR count). The molecule has 174 valence electrons. The van der Waals surface area contributed by atoms with Crippen molar-refractivity contribution in [3.8, 4) is 0 Å². The maximum Gasteiger partial charge on any atom is 0.410 e. The minimum Gasteiger partial charge on any atom is -0.444 e. The summed E-state index contributed by atoms with van der Waals surface area (Å²) in [6, 6.07) is -0.292. The van der Waals surface area contributed by atoms with Crippen LogP contribution in [0.15, 0.2) is 0 Å². The van der Waals surface area contributed by atoms with E-state index in [0.29, 0.717) is 13.1 Å². The largest absolute Gasteiger partial charge is 0.444 e. The molecular formula is C22H40N2O6. The zero-order valence-corrected chi connectivity index (χ0v) is 20.2. The zero-order chi connectivity index (χ0) is 23.0. The molecule has 0 aromatic carbocycles. The second-order valence-corrected chi connectivity index (χ2v) is 10.7. The smallest absolute Gasteiger partial charge is 0.410 e. The van der Waals surface area contributed by atoms with Crippen LogP contribution >= 0.6 is 0 Å². The summed E-state index contributed by atoms with van der Waals surface area (Å²) in [5.74, 6) is 0. The molecule has 0 aliphatic carbocycles. The lowest BCUT2D eigenvalue weighted by Crippen LogP contribution is -2.46. The average Bonchev–Trinajstić information content (AvgIpc) is 3.39. The predicted molar refractivity (Wildman–Crippen MR) is 113 cm³/mol. The molecule has 2 saturated heterocycles. The molecule has 8 heteroatoms. The predicted octanol–water partition coefficient (Wildman–Crippen LogP) is 3.81. The Morgan fingerprint density at radius 2 is 1.00 bits per heavy atom. The second kappa shape index (κ2) is 8.91. The molecule has 2 aliphatic rings. The van der Waals surface area contributed by atoms with Crippen LogP contribution in [0.2, 0.25) is 0 Å². The van der Waals surface area contributed by atoms with E-state index in [1.165, 1.54) is 0 Å². The van der Waals surface area contributed by atoms with Gasteiger partial charge in [-0.25, -0.2) is 9.59 Å². The van der Waals surface area contributed by atoms with Crippen LogP contribution < -0.4 is 0 Å². The van der Waals surface area contributed by atoms with Gasteiger partial charge >= 0.3 is 12.2 Å². The number of hydrogen-bond donors (Lipinski definition) is 0. The van der Waals surface area contributed by atoms with Crippen molar-refractivity contribution < 1.29 is 28.5 Å². The van der Waals surface area contributed by atoms with Crippen LogP contribution in [0.4, 0.5) is 9.59 Å². The van der Waals surface area contributed by atoms with E-state index in [9.17, 15) is 9.59 Å². The van der Waals surface area contributed by atoms with Crippen LogP contribution in [0.1, 0.15) is 69.2 Å². The highest BCUT2D eigenvalue weighted by Crippen LogP contribution is 2.36. The topological polar surface area (TPSA) is 77.1 Å². The van der Waals surface area contributed by atoms with Gasteiger partial charge in [-0.1, -0.05) is 0 Å². The summed E-state index contributed by atoms with van der Waals surface area (Å²) >= 11 is 0. The van der Waals surface area contributed by atoms with Crippen LogP contribution in [0.3, 0.4) is 0 Å². The van der Waals surface area contributed by atoms with Crippen molar-refractivity contribution in [1.29, 1.82) is 0 Å². The van der Waals surface area contributed by atoms with Gasteiger partial charge in [-0.15, -0.1) is 0 Å². The summed E-state index contributed by atoms with van der Waals surface area (Å²) in [6.45, 7) is 20.0. The van der Waals surface area contributed by atoms with Crippen LogP contribution in [0, 0.1) is 0 Å². The van der Waals surface area contributed by atoms with Gasteiger partial charge in [0, 0.05) is 13.1 Å². The van der Waals surface area contributed by atoms with E-state index in [-0.39, 0.29) is 48.7 Å². The van der Waals surface area contributed by atoms with Gasteiger partial charge in [0.1, 0.15) is 23.4 Å². The summed E-state index contributed by atoms with van der Waals surface area (Å²) in [5, 5.41) is 0. The molecule has 0 aromatic heterocycles. The van der Waals surface area contributed by atoms with E-state index in [2.05, 4.69) is 0 Å². The molecule has 0 N–H and O–H groups in total. The number of hydrogen-bond acceptors (Lipinski definition) is 6. The Bertz CT molecular complexity index is 568. The van der Waals surface area contributed by atoms with Gasteiger partial charge in [0.25, 0.3) is 0 Å². The van der Waals surface area contributed by atoms with Crippen molar-refractivity contribution in [3.63, 3.8) is 0 Å². The Morgan fingerprint density at radius 1 is 0.700 bits per heavy atom. The molecule has 2 fully saturated rings. The lowest BCUT2D eigenvalue weighted by molar-refractivity contribution is -0.117. The molecule has 0 saturated carbocycles. The lowest BCUT2D eigenvalue weighted by atomic mass is 10.1. The Balaban J connectivity index is 2.14. The molecule has 2 amide bonds. The van der Waals surface area contributed by atoms with Gasteiger partial charge in [-0.05, 0) is 69.2 Å². The third-order valence-electron chi connectivity index (χ3n) is 4.50. The second-order valence-electron chi connectivity index (χ2n) is 10.7. The summed E-state index contributed by atoms with van der Waals surface area (Å²) in [5.41, 5.74) is -1.12. The first-order chi connectivity index (χ1) is 13.6. The van der Waals surface area contributed by atoms with Gasteiger partial charge in [0.05, 0.1) is 24.3 Å². The van der Waals surface area contributed by atoms with Gasteiger partial charge in [-0.3, -0.25) is 9.80 Å². The minimum atomic E-state index is -0.559. The van der Waals surface area contributed by atoms with E-state index in [1.807, 2.05) is 69.2 Å². The highest BCUT2D eigenvalue weighted by Gasteiger charge is 2.57. The molecule has 0 spiro atoms. The highest BCUT2D eigenvalue weighted by atomic mass is 16.6. The summed E-state index contributed by atoms with van der Waals surface area (Å²) in [4.78, 5) is 28.3. The van der Waals surface area contributed by atoms with Crippen LogP contribution in [0.25, 0.3) is 0 Å². The first-order valence-electron chi connectivity index (χ1n) is 10.9. The van der Waals surface area contributed by atoms with Crippen LogP contribution in [-0.2, 0) is 18.9 Å². The first kappa shape index (κ1) is 24.7. The Morgan fingerprint density at radius 3 is 1.23 bits per heavy atom. The van der Waals surface area contributed by atoms with Crippen molar-refractivity contribution in [1.82, 2.24) is 9.80 Å².